The van der Waals surface area contributed by atoms with Crippen LogP contribution in [0.5, 0.6) is 0 Å². The first-order chi connectivity index (χ1) is 6.02. The normalized spacial score (nSPS) is 9.85. The van der Waals surface area contributed by atoms with E-state index < -0.39 is 18.7 Å². The molecule has 0 fully saturated rings. The van der Waals surface area contributed by atoms with Gasteiger partial charge in [0.15, 0.2) is 5.78 Å². The molecule has 13 heavy (non-hydrogen) atoms. The molecule has 0 spiro atoms. The van der Waals surface area contributed by atoms with E-state index in [1.807, 2.05) is 0 Å². The van der Waals surface area contributed by atoms with E-state index >= 15 is 0 Å². The molecule has 1 rings (SSSR count). The van der Waals surface area contributed by atoms with Crippen LogP contribution in [0.2, 0.25) is 0 Å². The van der Waals surface area contributed by atoms with Crippen LogP contribution in [0, 0.1) is 5.82 Å². The van der Waals surface area contributed by atoms with Gasteiger partial charge in [0.1, 0.15) is 5.82 Å². The summed E-state index contributed by atoms with van der Waals surface area (Å²) in [6.45, 7) is 1.24. The fourth-order valence-corrected chi connectivity index (χ4v) is 1.06. The molecule has 0 aliphatic carbocycles. The molecule has 1 aromatic rings. The van der Waals surface area contributed by atoms with Crippen LogP contribution in [0.3, 0.4) is 0 Å². The minimum absolute atomic E-state index is 0.00463. The third kappa shape index (κ3) is 2.14. The van der Waals surface area contributed by atoms with Crippen LogP contribution >= 0.6 is 0 Å². The number of ketones is 1. The van der Waals surface area contributed by atoms with E-state index in [1.165, 1.54) is 13.0 Å². The molecule has 1 aromatic carbocycles. The van der Waals surface area contributed by atoms with Crippen molar-refractivity contribution in [1.29, 1.82) is 0 Å². The highest BCUT2D eigenvalue weighted by Gasteiger charge is 2.18. The quantitative estimate of drug-likeness (QED) is 0.487. The van der Waals surface area contributed by atoms with Crippen molar-refractivity contribution in [2.24, 2.45) is 0 Å². The average Bonchev–Trinajstić information content (AvgIpc) is 2.03. The number of halogens is 1. The Hall–Kier alpha value is -1.20. The summed E-state index contributed by atoms with van der Waals surface area (Å²) in [4.78, 5) is 10.9. The summed E-state index contributed by atoms with van der Waals surface area (Å²) in [5.74, 6) is -0.975. The fourth-order valence-electron chi connectivity index (χ4n) is 1.06. The molecule has 0 aliphatic heterocycles. The molecule has 0 saturated heterocycles. The first-order valence-corrected chi connectivity index (χ1v) is 3.69. The lowest BCUT2D eigenvalue weighted by molar-refractivity contribution is 0.101. The van der Waals surface area contributed by atoms with Gasteiger partial charge in [-0.3, -0.25) is 4.79 Å². The lowest BCUT2D eigenvalue weighted by Crippen LogP contribution is -2.34. The highest BCUT2D eigenvalue weighted by molar-refractivity contribution is 6.60. The summed E-state index contributed by atoms with van der Waals surface area (Å²) in [6.07, 6.45) is 0. The van der Waals surface area contributed by atoms with Crippen LogP contribution < -0.4 is 5.46 Å². The second kappa shape index (κ2) is 3.68. The van der Waals surface area contributed by atoms with Gasteiger partial charge in [0.05, 0.1) is 0 Å². The number of hydrogen-bond acceptors (Lipinski definition) is 3. The summed E-state index contributed by atoms with van der Waals surface area (Å²) >= 11 is 0. The van der Waals surface area contributed by atoms with Crippen LogP contribution in [0.1, 0.15) is 17.3 Å². The lowest BCUT2D eigenvalue weighted by atomic mass is 9.76. The number of rotatable bonds is 2. The molecule has 0 unspecified atom stereocenters. The predicted molar refractivity (Wildman–Crippen MR) is 46.2 cm³/mol. The second-order valence-corrected chi connectivity index (χ2v) is 2.66. The van der Waals surface area contributed by atoms with E-state index in [0.29, 0.717) is 0 Å². The van der Waals surface area contributed by atoms with E-state index in [2.05, 4.69) is 0 Å². The van der Waals surface area contributed by atoms with Gasteiger partial charge >= 0.3 is 7.12 Å². The number of carbonyl (C=O) groups is 1. The maximum Gasteiger partial charge on any atom is 0.489 e. The summed E-state index contributed by atoms with van der Waals surface area (Å²) in [5, 5.41) is 17.7. The molecule has 0 heterocycles. The van der Waals surface area contributed by atoms with Gasteiger partial charge < -0.3 is 10.0 Å². The zero-order valence-electron chi connectivity index (χ0n) is 6.99. The molecule has 2 N–H and O–H groups in total. The second-order valence-electron chi connectivity index (χ2n) is 2.66. The van der Waals surface area contributed by atoms with Crippen LogP contribution in [0.4, 0.5) is 4.39 Å². The third-order valence-corrected chi connectivity index (χ3v) is 1.67. The molecule has 0 aromatic heterocycles. The van der Waals surface area contributed by atoms with E-state index in [0.717, 1.165) is 12.1 Å². The number of carbonyl (C=O) groups excluding carboxylic acids is 1. The molecule has 5 heteroatoms. The monoisotopic (exact) mass is 182 g/mol. The molecule has 0 amide bonds. The molecule has 68 valence electrons. The number of hydrogen-bond donors (Lipinski definition) is 2. The maximum atomic E-state index is 12.7. The van der Waals surface area contributed by atoms with Crippen molar-refractivity contribution in [3.8, 4) is 0 Å². The zero-order valence-corrected chi connectivity index (χ0v) is 6.99. The Morgan fingerprint density at radius 1 is 1.46 bits per heavy atom. The van der Waals surface area contributed by atoms with Crippen molar-refractivity contribution < 1.29 is 19.2 Å². The first-order valence-electron chi connectivity index (χ1n) is 3.69. The van der Waals surface area contributed by atoms with Gasteiger partial charge in [-0.25, -0.2) is 4.39 Å². The van der Waals surface area contributed by atoms with Gasteiger partial charge in [0, 0.05) is 5.56 Å². The Labute approximate surface area is 75.0 Å². The summed E-state index contributed by atoms with van der Waals surface area (Å²) < 4.78 is 12.7. The third-order valence-electron chi connectivity index (χ3n) is 1.67. The van der Waals surface area contributed by atoms with Gasteiger partial charge in [0.25, 0.3) is 0 Å². The Morgan fingerprint density at radius 2 is 2.08 bits per heavy atom. The summed E-state index contributed by atoms with van der Waals surface area (Å²) in [5.41, 5.74) is 0.0175. The van der Waals surface area contributed by atoms with Crippen molar-refractivity contribution in [2.45, 2.75) is 6.92 Å². The SMILES string of the molecule is CC(=O)c1cc(F)ccc1B(O)O. The van der Waals surface area contributed by atoms with Gasteiger partial charge in [-0.2, -0.15) is 0 Å². The smallest absolute Gasteiger partial charge is 0.423 e. The van der Waals surface area contributed by atoms with Crippen molar-refractivity contribution in [3.05, 3.63) is 29.6 Å². The van der Waals surface area contributed by atoms with E-state index in [4.69, 9.17) is 10.0 Å². The highest BCUT2D eigenvalue weighted by Crippen LogP contribution is 2.02. The van der Waals surface area contributed by atoms with E-state index in [1.54, 1.807) is 0 Å². The predicted octanol–water partition coefficient (Wildman–Crippen LogP) is -0.292. The molecule has 0 aliphatic rings. The lowest BCUT2D eigenvalue weighted by Gasteiger charge is -2.04. The Balaban J connectivity index is 3.27. The Morgan fingerprint density at radius 3 is 2.54 bits per heavy atom. The number of Topliss-reactive ketones (excluding diaryl/α,β-unsaturated/α-hetero) is 1. The molecule has 0 atom stereocenters. The summed E-state index contributed by atoms with van der Waals surface area (Å²) in [7, 11) is -1.75. The van der Waals surface area contributed by atoms with Gasteiger partial charge in [-0.15, -0.1) is 0 Å². The Bertz CT molecular complexity index is 338. The standard InChI is InChI=1S/C8H8BFO3/c1-5(11)7-4-6(10)2-3-8(7)9(12)13/h2-4,12-13H,1H3. The van der Waals surface area contributed by atoms with E-state index in [-0.39, 0.29) is 11.0 Å². The maximum absolute atomic E-state index is 12.7. The average molecular weight is 182 g/mol. The van der Waals surface area contributed by atoms with Crippen molar-refractivity contribution in [3.63, 3.8) is 0 Å². The fraction of sp³-hybridized carbons (Fsp3) is 0.125. The Kier molecular flexibility index (Phi) is 2.80. The van der Waals surface area contributed by atoms with Gasteiger partial charge in [0.2, 0.25) is 0 Å². The molecular weight excluding hydrogens is 174 g/mol. The van der Waals surface area contributed by atoms with Crippen LogP contribution in [-0.2, 0) is 0 Å². The largest absolute Gasteiger partial charge is 0.489 e. The van der Waals surface area contributed by atoms with Crippen LogP contribution in [-0.4, -0.2) is 22.9 Å². The van der Waals surface area contributed by atoms with Crippen molar-refractivity contribution in [1.82, 2.24) is 0 Å². The minimum Gasteiger partial charge on any atom is -0.423 e. The molecule has 3 nitrogen and oxygen atoms in total. The van der Waals surface area contributed by atoms with Crippen LogP contribution in [0.15, 0.2) is 18.2 Å². The van der Waals surface area contributed by atoms with E-state index in [9.17, 15) is 9.18 Å². The molecular formula is C8H8BFO3. The first kappa shape index (κ1) is 9.89. The number of benzene rings is 1. The molecule has 0 saturated carbocycles. The molecule has 0 radical (unpaired) electrons. The van der Waals surface area contributed by atoms with Crippen LogP contribution in [0.25, 0.3) is 0 Å². The van der Waals surface area contributed by atoms with Crippen molar-refractivity contribution in [2.75, 3.05) is 0 Å². The minimum atomic E-state index is -1.75. The summed E-state index contributed by atoms with van der Waals surface area (Å²) in [6, 6.07) is 3.23. The zero-order chi connectivity index (χ0) is 10.0. The van der Waals surface area contributed by atoms with Crippen molar-refractivity contribution >= 4 is 18.4 Å². The highest BCUT2D eigenvalue weighted by atomic mass is 19.1. The molecule has 0 bridgehead atoms. The van der Waals surface area contributed by atoms with Gasteiger partial charge in [-0.1, -0.05) is 6.07 Å². The van der Waals surface area contributed by atoms with Gasteiger partial charge in [-0.05, 0) is 24.5 Å². The topological polar surface area (TPSA) is 57.5 Å².